The molecule has 0 aliphatic heterocycles. The average Bonchev–Trinajstić information content (AvgIpc) is 2.76. The molecule has 0 radical (unpaired) electrons. The Hall–Kier alpha value is -0.430. The molecule has 0 saturated carbocycles. The van der Waals surface area contributed by atoms with Gasteiger partial charge in [-0.1, -0.05) is 35.1 Å². The maximum absolute atomic E-state index is 11.9. The number of hydrogen-bond acceptors (Lipinski definition) is 4. The van der Waals surface area contributed by atoms with E-state index in [0.717, 1.165) is 30.6 Å². The summed E-state index contributed by atoms with van der Waals surface area (Å²) < 4.78 is 26.8. The Morgan fingerprint density at radius 3 is 2.94 bits per heavy atom. The van der Waals surface area contributed by atoms with Crippen LogP contribution in [-0.2, 0) is 10.0 Å². The third-order valence-corrected chi connectivity index (χ3v) is 5.66. The van der Waals surface area contributed by atoms with Crippen molar-refractivity contribution in [1.82, 2.24) is 9.71 Å². The third kappa shape index (κ3) is 3.51. The number of aromatic nitrogens is 1. The summed E-state index contributed by atoms with van der Waals surface area (Å²) >= 11 is 6.59. The predicted molar refractivity (Wildman–Crippen MR) is 68.8 cm³/mol. The molecule has 1 aliphatic carbocycles. The van der Waals surface area contributed by atoms with E-state index >= 15 is 0 Å². The summed E-state index contributed by atoms with van der Waals surface area (Å²) in [5.74, 6) is 0.387. The molecular formula is C10H13ClN2O2S2. The number of halogens is 1. The fourth-order valence-corrected chi connectivity index (χ4v) is 4.16. The molecule has 94 valence electrons. The Morgan fingerprint density at radius 1 is 1.53 bits per heavy atom. The van der Waals surface area contributed by atoms with E-state index in [4.69, 9.17) is 11.6 Å². The third-order valence-electron chi connectivity index (χ3n) is 2.66. The van der Waals surface area contributed by atoms with Crippen molar-refractivity contribution in [3.05, 3.63) is 22.8 Å². The van der Waals surface area contributed by atoms with Gasteiger partial charge in [0.25, 0.3) is 10.0 Å². The van der Waals surface area contributed by atoms with E-state index in [1.54, 1.807) is 0 Å². The Kier molecular flexibility index (Phi) is 4.19. The Bertz CT molecular complexity index is 510. The fraction of sp³-hybridized carbons (Fsp3) is 0.500. The molecule has 0 bridgehead atoms. The highest BCUT2D eigenvalue weighted by atomic mass is 35.5. The lowest BCUT2D eigenvalue weighted by Crippen LogP contribution is -2.29. The van der Waals surface area contributed by atoms with Gasteiger partial charge in [0.2, 0.25) is 0 Å². The van der Waals surface area contributed by atoms with Gasteiger partial charge in [-0.3, -0.25) is 0 Å². The smallest absolute Gasteiger partial charge is 0.232 e. The van der Waals surface area contributed by atoms with Gasteiger partial charge in [0.15, 0.2) is 8.68 Å². The number of thiazole rings is 1. The molecule has 7 heteroatoms. The van der Waals surface area contributed by atoms with E-state index in [1.807, 2.05) is 0 Å². The average molecular weight is 293 g/mol. The molecule has 0 saturated heterocycles. The summed E-state index contributed by atoms with van der Waals surface area (Å²) in [7, 11) is -3.44. The van der Waals surface area contributed by atoms with Crippen LogP contribution in [-0.4, -0.2) is 19.9 Å². The Morgan fingerprint density at radius 2 is 2.35 bits per heavy atom. The van der Waals surface area contributed by atoms with Crippen LogP contribution in [0, 0.1) is 5.92 Å². The number of rotatable bonds is 4. The van der Waals surface area contributed by atoms with Crippen molar-refractivity contribution in [2.24, 2.45) is 5.92 Å². The molecular weight excluding hydrogens is 280 g/mol. The molecule has 1 unspecified atom stereocenters. The van der Waals surface area contributed by atoms with Gasteiger partial charge in [-0.2, -0.15) is 0 Å². The first-order chi connectivity index (χ1) is 8.08. The molecule has 0 fully saturated rings. The second kappa shape index (κ2) is 5.48. The van der Waals surface area contributed by atoms with E-state index < -0.39 is 10.0 Å². The van der Waals surface area contributed by atoms with Gasteiger partial charge >= 0.3 is 0 Å². The SMILES string of the molecule is O=S(=O)(NCC1CC=CCC1)c1cnc(Cl)s1. The zero-order valence-corrected chi connectivity index (χ0v) is 11.5. The summed E-state index contributed by atoms with van der Waals surface area (Å²) in [5, 5.41) is 0. The number of hydrogen-bond donors (Lipinski definition) is 1. The number of nitrogens with zero attached hydrogens (tertiary/aromatic N) is 1. The van der Waals surface area contributed by atoms with E-state index in [0.29, 0.717) is 12.5 Å². The van der Waals surface area contributed by atoms with Gasteiger partial charge in [0.1, 0.15) is 0 Å². The van der Waals surface area contributed by atoms with Crippen molar-refractivity contribution < 1.29 is 8.42 Å². The molecule has 2 rings (SSSR count). The van der Waals surface area contributed by atoms with Crippen LogP contribution in [0.25, 0.3) is 0 Å². The molecule has 0 amide bonds. The molecule has 0 aromatic carbocycles. The monoisotopic (exact) mass is 292 g/mol. The van der Waals surface area contributed by atoms with Gasteiger partial charge in [0.05, 0.1) is 6.20 Å². The lowest BCUT2D eigenvalue weighted by Gasteiger charge is -2.17. The lowest BCUT2D eigenvalue weighted by atomic mass is 9.95. The summed E-state index contributed by atoms with van der Waals surface area (Å²) in [4.78, 5) is 3.73. The van der Waals surface area contributed by atoms with Crippen LogP contribution < -0.4 is 4.72 Å². The highest BCUT2D eigenvalue weighted by molar-refractivity contribution is 7.91. The number of nitrogens with one attached hydrogen (secondary N) is 1. The van der Waals surface area contributed by atoms with Crippen molar-refractivity contribution in [1.29, 1.82) is 0 Å². The molecule has 4 nitrogen and oxygen atoms in total. The van der Waals surface area contributed by atoms with Crippen LogP contribution in [0.5, 0.6) is 0 Å². The minimum Gasteiger partial charge on any atom is -0.232 e. The van der Waals surface area contributed by atoms with E-state index in [-0.39, 0.29) is 8.68 Å². The molecule has 1 aromatic rings. The molecule has 1 aromatic heterocycles. The Labute approximate surface area is 110 Å². The topological polar surface area (TPSA) is 59.1 Å². The van der Waals surface area contributed by atoms with Crippen molar-refractivity contribution >= 4 is 33.0 Å². The molecule has 1 atom stereocenters. The van der Waals surface area contributed by atoms with E-state index in [1.165, 1.54) is 6.20 Å². The van der Waals surface area contributed by atoms with Crippen LogP contribution >= 0.6 is 22.9 Å². The van der Waals surface area contributed by atoms with Crippen molar-refractivity contribution in [2.45, 2.75) is 23.5 Å². The molecule has 1 aliphatic rings. The first kappa shape index (κ1) is 13.0. The van der Waals surface area contributed by atoms with Crippen LogP contribution in [0.3, 0.4) is 0 Å². The van der Waals surface area contributed by atoms with Gasteiger partial charge in [-0.05, 0) is 25.2 Å². The molecule has 0 spiro atoms. The first-order valence-corrected chi connectivity index (χ1v) is 8.02. The second-order valence-corrected chi connectivity index (χ2v) is 7.54. The van der Waals surface area contributed by atoms with Crippen LogP contribution in [0.15, 0.2) is 22.6 Å². The van der Waals surface area contributed by atoms with E-state index in [9.17, 15) is 8.42 Å². The number of allylic oxidation sites excluding steroid dienone is 2. The van der Waals surface area contributed by atoms with Crippen molar-refractivity contribution in [3.8, 4) is 0 Å². The maximum Gasteiger partial charge on any atom is 0.251 e. The van der Waals surface area contributed by atoms with Crippen molar-refractivity contribution in [2.75, 3.05) is 6.54 Å². The molecule has 1 N–H and O–H groups in total. The van der Waals surface area contributed by atoms with Gasteiger partial charge < -0.3 is 0 Å². The summed E-state index contributed by atoms with van der Waals surface area (Å²) in [6.45, 7) is 0.474. The van der Waals surface area contributed by atoms with Crippen LogP contribution in [0.1, 0.15) is 19.3 Å². The minimum atomic E-state index is -3.44. The zero-order chi connectivity index (χ0) is 12.3. The molecule has 17 heavy (non-hydrogen) atoms. The van der Waals surface area contributed by atoms with Gasteiger partial charge in [0, 0.05) is 6.54 Å². The van der Waals surface area contributed by atoms with Crippen molar-refractivity contribution in [3.63, 3.8) is 0 Å². The summed E-state index contributed by atoms with van der Waals surface area (Å²) in [5.41, 5.74) is 0. The van der Waals surface area contributed by atoms with Crippen LogP contribution in [0.4, 0.5) is 0 Å². The van der Waals surface area contributed by atoms with E-state index in [2.05, 4.69) is 21.9 Å². The fourth-order valence-electron chi connectivity index (χ4n) is 1.70. The standard InChI is InChI=1S/C10H13ClN2O2S2/c11-10-12-7-9(16-10)17(14,15)13-6-8-4-2-1-3-5-8/h1-2,7-8,13H,3-6H2. The minimum absolute atomic E-state index is 0.175. The highest BCUT2D eigenvalue weighted by Crippen LogP contribution is 2.23. The number of sulfonamides is 1. The van der Waals surface area contributed by atoms with Gasteiger partial charge in [-0.25, -0.2) is 18.1 Å². The summed E-state index contributed by atoms with van der Waals surface area (Å²) in [6.07, 6.45) is 8.52. The predicted octanol–water partition coefficient (Wildman–Crippen LogP) is 2.43. The molecule has 1 heterocycles. The van der Waals surface area contributed by atoms with Crippen LogP contribution in [0.2, 0.25) is 4.47 Å². The normalized spacial score (nSPS) is 20.6. The maximum atomic E-state index is 11.9. The lowest BCUT2D eigenvalue weighted by molar-refractivity contribution is 0.468. The summed E-state index contributed by atoms with van der Waals surface area (Å²) in [6, 6.07) is 0. The Balaban J connectivity index is 1.96. The quantitative estimate of drug-likeness (QED) is 0.867. The largest absolute Gasteiger partial charge is 0.251 e. The second-order valence-electron chi connectivity index (χ2n) is 3.93. The highest BCUT2D eigenvalue weighted by Gasteiger charge is 2.19. The first-order valence-electron chi connectivity index (χ1n) is 5.34. The van der Waals surface area contributed by atoms with Gasteiger partial charge in [-0.15, -0.1) is 0 Å². The zero-order valence-electron chi connectivity index (χ0n) is 9.10.